The van der Waals surface area contributed by atoms with E-state index >= 15 is 0 Å². The molecule has 27 heavy (non-hydrogen) atoms. The van der Waals surface area contributed by atoms with Crippen LogP contribution in [0.4, 0.5) is 5.69 Å². The number of nitrogens with zero attached hydrogens (tertiary/aromatic N) is 2. The molecule has 0 aliphatic carbocycles. The molecule has 0 spiro atoms. The van der Waals surface area contributed by atoms with Gasteiger partial charge in [0, 0.05) is 44.5 Å². The van der Waals surface area contributed by atoms with E-state index in [-0.39, 0.29) is 24.8 Å². The van der Waals surface area contributed by atoms with Gasteiger partial charge in [-0.25, -0.2) is 4.79 Å². The molecule has 1 N–H and O–H groups in total. The van der Waals surface area contributed by atoms with Gasteiger partial charge in [-0.2, -0.15) is 0 Å². The largest absolute Gasteiger partial charge is 0.462 e. The van der Waals surface area contributed by atoms with Gasteiger partial charge in [0.1, 0.15) is 0 Å². The number of nitrogens with one attached hydrogen (secondary N) is 1. The molecule has 0 saturated carbocycles. The van der Waals surface area contributed by atoms with E-state index in [1.165, 1.54) is 11.8 Å². The summed E-state index contributed by atoms with van der Waals surface area (Å²) in [7, 11) is 0. The molecule has 2 aromatic rings. The molecule has 0 fully saturated rings. The van der Waals surface area contributed by atoms with Crippen LogP contribution >= 0.6 is 0 Å². The zero-order chi connectivity index (χ0) is 19.6. The van der Waals surface area contributed by atoms with E-state index in [0.717, 1.165) is 5.56 Å². The first-order valence-corrected chi connectivity index (χ1v) is 8.72. The van der Waals surface area contributed by atoms with Crippen molar-refractivity contribution >= 4 is 23.5 Å². The molecule has 7 heteroatoms. The van der Waals surface area contributed by atoms with Gasteiger partial charge < -0.3 is 15.0 Å². The molecule has 0 aliphatic heterocycles. The number of rotatable bonds is 8. The second-order valence-corrected chi connectivity index (χ2v) is 5.83. The number of ether oxygens (including phenoxy) is 1. The minimum Gasteiger partial charge on any atom is -0.462 e. The fraction of sp³-hybridized carbons (Fsp3) is 0.300. The molecule has 0 atom stereocenters. The van der Waals surface area contributed by atoms with Gasteiger partial charge in [0.2, 0.25) is 11.8 Å². The van der Waals surface area contributed by atoms with Crippen LogP contribution in [0, 0.1) is 0 Å². The van der Waals surface area contributed by atoms with Gasteiger partial charge in [-0.1, -0.05) is 6.07 Å². The Morgan fingerprint density at radius 1 is 1.15 bits per heavy atom. The number of esters is 1. The number of aromatic nitrogens is 1. The van der Waals surface area contributed by atoms with E-state index in [1.54, 1.807) is 49.6 Å². The van der Waals surface area contributed by atoms with E-state index in [4.69, 9.17) is 4.74 Å². The maximum atomic E-state index is 12.1. The zero-order valence-electron chi connectivity index (χ0n) is 15.5. The van der Waals surface area contributed by atoms with Crippen molar-refractivity contribution in [2.24, 2.45) is 0 Å². The number of carbonyl (C=O) groups is 3. The summed E-state index contributed by atoms with van der Waals surface area (Å²) < 4.78 is 4.94. The second kappa shape index (κ2) is 10.1. The third-order valence-electron chi connectivity index (χ3n) is 3.85. The summed E-state index contributed by atoms with van der Waals surface area (Å²) in [6.07, 6.45) is 3.52. The van der Waals surface area contributed by atoms with Crippen LogP contribution in [-0.4, -0.2) is 35.9 Å². The molecule has 1 heterocycles. The van der Waals surface area contributed by atoms with Crippen LogP contribution < -0.4 is 10.2 Å². The van der Waals surface area contributed by atoms with E-state index in [0.29, 0.717) is 24.4 Å². The predicted octanol–water partition coefficient (Wildman–Crippen LogP) is 2.32. The zero-order valence-corrected chi connectivity index (χ0v) is 15.5. The van der Waals surface area contributed by atoms with Gasteiger partial charge in [-0.15, -0.1) is 0 Å². The van der Waals surface area contributed by atoms with Gasteiger partial charge in [-0.3, -0.25) is 14.6 Å². The first-order chi connectivity index (χ1) is 13.0. The Labute approximate surface area is 158 Å². The molecule has 7 nitrogen and oxygen atoms in total. The molecule has 2 amide bonds. The third kappa shape index (κ3) is 6.22. The normalized spacial score (nSPS) is 10.1. The van der Waals surface area contributed by atoms with Crippen LogP contribution in [0.3, 0.4) is 0 Å². The first kappa shape index (κ1) is 20.1. The van der Waals surface area contributed by atoms with Crippen LogP contribution in [0.1, 0.15) is 36.2 Å². The van der Waals surface area contributed by atoms with Crippen LogP contribution in [0.15, 0.2) is 48.8 Å². The molecule has 0 aliphatic rings. The van der Waals surface area contributed by atoms with Crippen LogP contribution in [-0.2, 0) is 20.9 Å². The number of pyridine rings is 1. The molecule has 142 valence electrons. The molecule has 1 aromatic carbocycles. The number of hydrogen-bond acceptors (Lipinski definition) is 5. The van der Waals surface area contributed by atoms with Crippen molar-refractivity contribution in [1.82, 2.24) is 10.3 Å². The lowest BCUT2D eigenvalue weighted by atomic mass is 10.2. The molecule has 0 radical (unpaired) electrons. The van der Waals surface area contributed by atoms with Gasteiger partial charge in [-0.05, 0) is 42.8 Å². The van der Waals surface area contributed by atoms with E-state index < -0.39 is 5.97 Å². The van der Waals surface area contributed by atoms with E-state index in [9.17, 15) is 14.4 Å². The van der Waals surface area contributed by atoms with Crippen molar-refractivity contribution < 1.29 is 19.1 Å². The quantitative estimate of drug-likeness (QED) is 0.722. The Hall–Kier alpha value is -3.22. The summed E-state index contributed by atoms with van der Waals surface area (Å²) in [4.78, 5) is 41.2. The van der Waals surface area contributed by atoms with E-state index in [1.807, 2.05) is 6.07 Å². The number of amides is 2. The topological polar surface area (TPSA) is 88.6 Å². The highest BCUT2D eigenvalue weighted by atomic mass is 16.5. The third-order valence-corrected chi connectivity index (χ3v) is 3.85. The first-order valence-electron chi connectivity index (χ1n) is 8.72. The van der Waals surface area contributed by atoms with Crippen molar-refractivity contribution in [2.75, 3.05) is 18.1 Å². The second-order valence-electron chi connectivity index (χ2n) is 5.83. The summed E-state index contributed by atoms with van der Waals surface area (Å²) in [5.74, 6) is -0.750. The van der Waals surface area contributed by atoms with Crippen molar-refractivity contribution in [3.63, 3.8) is 0 Å². The Bertz CT molecular complexity index is 776. The maximum Gasteiger partial charge on any atom is 0.338 e. The van der Waals surface area contributed by atoms with Crippen molar-refractivity contribution in [3.8, 4) is 0 Å². The Kier molecular flexibility index (Phi) is 7.49. The predicted molar refractivity (Wildman–Crippen MR) is 101 cm³/mol. The Morgan fingerprint density at radius 2 is 1.89 bits per heavy atom. The minimum atomic E-state index is -0.409. The number of anilines is 1. The summed E-state index contributed by atoms with van der Waals surface area (Å²) >= 11 is 0. The van der Waals surface area contributed by atoms with Gasteiger partial charge in [0.15, 0.2) is 0 Å². The standard InChI is InChI=1S/C20H23N3O4/c1-3-27-20(26)17-6-8-18(9-7-17)23(15(2)24)12-10-19(25)22-14-16-5-4-11-21-13-16/h4-9,11,13H,3,10,12,14H2,1-2H3,(H,22,25). The number of hydrogen-bond donors (Lipinski definition) is 1. The molecular weight excluding hydrogens is 346 g/mol. The Balaban J connectivity index is 1.92. The molecule has 2 rings (SSSR count). The maximum absolute atomic E-state index is 12.1. The summed E-state index contributed by atoms with van der Waals surface area (Å²) in [6.45, 7) is 4.11. The molecule has 0 saturated heterocycles. The SMILES string of the molecule is CCOC(=O)c1ccc(N(CCC(=O)NCc2cccnc2)C(C)=O)cc1. The number of benzene rings is 1. The number of carbonyl (C=O) groups excluding carboxylic acids is 3. The highest BCUT2D eigenvalue weighted by Gasteiger charge is 2.14. The van der Waals surface area contributed by atoms with Crippen molar-refractivity contribution in [1.29, 1.82) is 0 Å². The average Bonchev–Trinajstić information content (AvgIpc) is 2.68. The van der Waals surface area contributed by atoms with Crippen LogP contribution in [0.2, 0.25) is 0 Å². The van der Waals surface area contributed by atoms with Crippen molar-refractivity contribution in [3.05, 3.63) is 59.9 Å². The van der Waals surface area contributed by atoms with Gasteiger partial charge in [0.05, 0.1) is 12.2 Å². The molecular formula is C20H23N3O4. The fourth-order valence-electron chi connectivity index (χ4n) is 2.47. The van der Waals surface area contributed by atoms with Gasteiger partial charge in [0.25, 0.3) is 0 Å². The summed E-state index contributed by atoms with van der Waals surface area (Å²) in [5, 5.41) is 2.80. The smallest absolute Gasteiger partial charge is 0.338 e. The lowest BCUT2D eigenvalue weighted by molar-refractivity contribution is -0.121. The monoisotopic (exact) mass is 369 g/mol. The molecule has 0 unspecified atom stereocenters. The molecule has 0 bridgehead atoms. The summed E-state index contributed by atoms with van der Waals surface area (Å²) in [6, 6.07) is 10.2. The highest BCUT2D eigenvalue weighted by molar-refractivity contribution is 5.94. The van der Waals surface area contributed by atoms with Crippen molar-refractivity contribution in [2.45, 2.75) is 26.8 Å². The fourth-order valence-corrected chi connectivity index (χ4v) is 2.47. The van der Waals surface area contributed by atoms with Crippen LogP contribution in [0.25, 0.3) is 0 Å². The van der Waals surface area contributed by atoms with Crippen LogP contribution in [0.5, 0.6) is 0 Å². The Morgan fingerprint density at radius 3 is 2.48 bits per heavy atom. The minimum absolute atomic E-state index is 0.159. The highest BCUT2D eigenvalue weighted by Crippen LogP contribution is 2.17. The molecule has 1 aromatic heterocycles. The summed E-state index contributed by atoms with van der Waals surface area (Å²) in [5.41, 5.74) is 1.94. The lowest BCUT2D eigenvalue weighted by Crippen LogP contribution is -2.33. The van der Waals surface area contributed by atoms with Gasteiger partial charge >= 0.3 is 5.97 Å². The lowest BCUT2D eigenvalue weighted by Gasteiger charge is -2.21. The average molecular weight is 369 g/mol. The van der Waals surface area contributed by atoms with E-state index in [2.05, 4.69) is 10.3 Å².